The summed E-state index contributed by atoms with van der Waals surface area (Å²) in [6, 6.07) is 3.41. The van der Waals surface area contributed by atoms with Gasteiger partial charge < -0.3 is 5.32 Å². The van der Waals surface area contributed by atoms with Gasteiger partial charge in [0.2, 0.25) is 0 Å². The van der Waals surface area contributed by atoms with Crippen LogP contribution in [0.15, 0.2) is 12.3 Å². The molecular formula is C10H11F3N4. The molecule has 0 aromatic carbocycles. The number of rotatable bonds is 5. The van der Waals surface area contributed by atoms with Crippen LogP contribution < -0.4 is 5.32 Å². The van der Waals surface area contributed by atoms with Gasteiger partial charge in [-0.2, -0.15) is 23.5 Å². The van der Waals surface area contributed by atoms with Gasteiger partial charge in [-0.3, -0.25) is 0 Å². The van der Waals surface area contributed by atoms with E-state index >= 15 is 0 Å². The van der Waals surface area contributed by atoms with Crippen molar-refractivity contribution >= 4 is 5.82 Å². The molecule has 0 unspecified atom stereocenters. The number of nitrogens with zero attached hydrogens (tertiary/aromatic N) is 3. The summed E-state index contributed by atoms with van der Waals surface area (Å²) in [6.07, 6.45) is -3.10. The molecule has 0 aliphatic heterocycles. The second-order valence-corrected chi connectivity index (χ2v) is 3.40. The fraction of sp³-hybridized carbons (Fsp3) is 0.500. The topological polar surface area (TPSA) is 61.6 Å². The van der Waals surface area contributed by atoms with Gasteiger partial charge >= 0.3 is 6.18 Å². The summed E-state index contributed by atoms with van der Waals surface area (Å²) < 4.78 is 35.5. The molecule has 0 aliphatic rings. The van der Waals surface area contributed by atoms with Crippen molar-refractivity contribution in [2.24, 2.45) is 0 Å². The first-order valence-electron chi connectivity index (χ1n) is 5.05. The van der Waals surface area contributed by atoms with Crippen LogP contribution in [0.1, 0.15) is 24.8 Å². The van der Waals surface area contributed by atoms with Crippen molar-refractivity contribution in [3.05, 3.63) is 17.8 Å². The van der Waals surface area contributed by atoms with Crippen molar-refractivity contribution < 1.29 is 13.2 Å². The van der Waals surface area contributed by atoms with E-state index < -0.39 is 12.6 Å². The molecule has 0 spiro atoms. The van der Waals surface area contributed by atoms with Gasteiger partial charge in [-0.15, -0.1) is 5.10 Å². The number of hydrogen-bond donors (Lipinski definition) is 1. The lowest BCUT2D eigenvalue weighted by molar-refractivity contribution is -0.135. The predicted octanol–water partition coefficient (Wildman–Crippen LogP) is 2.49. The van der Waals surface area contributed by atoms with E-state index in [0.29, 0.717) is 24.3 Å². The molecule has 92 valence electrons. The highest BCUT2D eigenvalue weighted by atomic mass is 19.4. The molecule has 4 nitrogen and oxygen atoms in total. The SMILES string of the molecule is N#Cc1ccnnc1NCCCCC(F)(F)F. The monoisotopic (exact) mass is 244 g/mol. The van der Waals surface area contributed by atoms with E-state index in [1.807, 2.05) is 6.07 Å². The summed E-state index contributed by atoms with van der Waals surface area (Å²) in [6.45, 7) is 0.337. The quantitative estimate of drug-likeness (QED) is 0.808. The molecule has 17 heavy (non-hydrogen) atoms. The van der Waals surface area contributed by atoms with Gasteiger partial charge in [0.1, 0.15) is 6.07 Å². The zero-order valence-electron chi connectivity index (χ0n) is 8.96. The predicted molar refractivity (Wildman–Crippen MR) is 55.1 cm³/mol. The molecule has 1 rings (SSSR count). The van der Waals surface area contributed by atoms with Gasteiger partial charge in [-0.1, -0.05) is 0 Å². The zero-order valence-corrected chi connectivity index (χ0v) is 8.96. The summed E-state index contributed by atoms with van der Waals surface area (Å²) in [4.78, 5) is 0. The summed E-state index contributed by atoms with van der Waals surface area (Å²) in [5.41, 5.74) is 0.329. The molecule has 0 amide bonds. The first kappa shape index (κ1) is 13.2. The molecule has 0 radical (unpaired) electrons. The van der Waals surface area contributed by atoms with Crippen molar-refractivity contribution in [2.75, 3.05) is 11.9 Å². The Hall–Kier alpha value is -1.84. The molecule has 0 bridgehead atoms. The van der Waals surface area contributed by atoms with Gasteiger partial charge in [-0.05, 0) is 18.9 Å². The molecule has 1 heterocycles. The molecule has 0 fully saturated rings. The third-order valence-corrected chi connectivity index (χ3v) is 2.02. The lowest BCUT2D eigenvalue weighted by Crippen LogP contribution is -2.10. The minimum atomic E-state index is -4.11. The van der Waals surface area contributed by atoms with Gasteiger partial charge in [0, 0.05) is 13.0 Å². The van der Waals surface area contributed by atoms with Crippen LogP contribution >= 0.6 is 0 Å². The van der Waals surface area contributed by atoms with Crippen LogP contribution in [0.3, 0.4) is 0 Å². The number of hydrogen-bond acceptors (Lipinski definition) is 4. The Kier molecular flexibility index (Phi) is 4.69. The van der Waals surface area contributed by atoms with E-state index in [0.717, 1.165) is 0 Å². The molecule has 0 saturated carbocycles. The highest BCUT2D eigenvalue weighted by molar-refractivity contribution is 5.49. The molecule has 0 atom stereocenters. The van der Waals surface area contributed by atoms with Crippen molar-refractivity contribution in [3.8, 4) is 6.07 Å². The maximum absolute atomic E-state index is 11.8. The van der Waals surface area contributed by atoms with Crippen LogP contribution in [-0.2, 0) is 0 Å². The van der Waals surface area contributed by atoms with Gasteiger partial charge in [-0.25, -0.2) is 0 Å². The fourth-order valence-corrected chi connectivity index (χ4v) is 1.21. The minimum absolute atomic E-state index is 0.0542. The highest BCUT2D eigenvalue weighted by Crippen LogP contribution is 2.22. The standard InChI is InChI=1S/C10H11F3N4/c11-10(12,13)4-1-2-5-15-9-8(7-14)3-6-16-17-9/h3,6H,1-2,4-5H2,(H,15,17). The van der Waals surface area contributed by atoms with Gasteiger partial charge in [0.25, 0.3) is 0 Å². The fourth-order valence-electron chi connectivity index (χ4n) is 1.21. The van der Waals surface area contributed by atoms with E-state index in [1.165, 1.54) is 12.3 Å². The number of nitriles is 1. The number of nitrogens with one attached hydrogen (secondary N) is 1. The average Bonchev–Trinajstić information content (AvgIpc) is 2.27. The third kappa shape index (κ3) is 5.15. The Bertz CT molecular complexity index is 397. The van der Waals surface area contributed by atoms with Crippen molar-refractivity contribution in [2.45, 2.75) is 25.4 Å². The third-order valence-electron chi connectivity index (χ3n) is 2.02. The molecule has 0 aliphatic carbocycles. The van der Waals surface area contributed by atoms with Crippen LogP contribution in [0.5, 0.6) is 0 Å². The normalized spacial score (nSPS) is 10.9. The van der Waals surface area contributed by atoms with Crippen LogP contribution in [0.4, 0.5) is 19.0 Å². The maximum atomic E-state index is 11.8. The van der Waals surface area contributed by atoms with E-state index in [-0.39, 0.29) is 6.42 Å². The van der Waals surface area contributed by atoms with E-state index in [1.54, 1.807) is 0 Å². The molecule has 1 aromatic heterocycles. The maximum Gasteiger partial charge on any atom is 0.389 e. The average molecular weight is 244 g/mol. The molecule has 7 heteroatoms. The van der Waals surface area contributed by atoms with Gasteiger partial charge in [0.15, 0.2) is 5.82 Å². The summed E-state index contributed by atoms with van der Waals surface area (Å²) in [5, 5.41) is 18.8. The Morgan fingerprint density at radius 2 is 2.12 bits per heavy atom. The van der Waals surface area contributed by atoms with Crippen LogP contribution in [0.25, 0.3) is 0 Å². The Balaban J connectivity index is 2.30. The lowest BCUT2D eigenvalue weighted by atomic mass is 10.2. The van der Waals surface area contributed by atoms with Crippen molar-refractivity contribution in [3.63, 3.8) is 0 Å². The minimum Gasteiger partial charge on any atom is -0.367 e. The first-order chi connectivity index (χ1) is 8.03. The number of aromatic nitrogens is 2. The van der Waals surface area contributed by atoms with Crippen molar-refractivity contribution in [1.82, 2.24) is 10.2 Å². The van der Waals surface area contributed by atoms with Crippen molar-refractivity contribution in [1.29, 1.82) is 5.26 Å². The molecular weight excluding hydrogens is 233 g/mol. The smallest absolute Gasteiger partial charge is 0.367 e. The van der Waals surface area contributed by atoms with Crippen LogP contribution in [-0.4, -0.2) is 22.9 Å². The van der Waals surface area contributed by atoms with Gasteiger partial charge in [0.05, 0.1) is 11.8 Å². The summed E-state index contributed by atoms with van der Waals surface area (Å²) in [7, 11) is 0. The Morgan fingerprint density at radius 3 is 2.76 bits per heavy atom. The highest BCUT2D eigenvalue weighted by Gasteiger charge is 2.25. The zero-order chi connectivity index (χ0) is 12.7. The second-order valence-electron chi connectivity index (χ2n) is 3.40. The Labute approximate surface area is 96.5 Å². The number of alkyl halides is 3. The summed E-state index contributed by atoms with van der Waals surface area (Å²) >= 11 is 0. The second kappa shape index (κ2) is 6.03. The van der Waals surface area contributed by atoms with Crippen LogP contribution in [0.2, 0.25) is 0 Å². The van der Waals surface area contributed by atoms with E-state index in [4.69, 9.17) is 5.26 Å². The molecule has 1 aromatic rings. The van der Waals surface area contributed by atoms with E-state index in [9.17, 15) is 13.2 Å². The number of unbranched alkanes of at least 4 members (excludes halogenated alkanes) is 1. The number of halogens is 3. The Morgan fingerprint density at radius 1 is 1.35 bits per heavy atom. The van der Waals surface area contributed by atoms with Crippen LogP contribution in [0, 0.1) is 11.3 Å². The largest absolute Gasteiger partial charge is 0.389 e. The van der Waals surface area contributed by atoms with E-state index in [2.05, 4.69) is 15.5 Å². The molecule has 0 saturated heterocycles. The molecule has 1 N–H and O–H groups in total. The number of anilines is 1. The summed E-state index contributed by atoms with van der Waals surface area (Å²) in [5.74, 6) is 0.307. The lowest BCUT2D eigenvalue weighted by Gasteiger charge is -2.07. The first-order valence-corrected chi connectivity index (χ1v) is 5.05.